The molecule has 0 aliphatic heterocycles. The molecule has 0 saturated carbocycles. The van der Waals surface area contributed by atoms with Crippen molar-refractivity contribution in [2.75, 3.05) is 0 Å². The molecule has 11 heteroatoms. The van der Waals surface area contributed by atoms with Crippen molar-refractivity contribution < 1.29 is 4.42 Å². The number of pyridine rings is 4. The van der Waals surface area contributed by atoms with Gasteiger partial charge in [-0.15, -0.1) is 0 Å². The molecule has 0 saturated heterocycles. The van der Waals surface area contributed by atoms with Crippen LogP contribution in [0, 0.1) is 0 Å². The lowest BCUT2D eigenvalue weighted by atomic mass is 9.97. The van der Waals surface area contributed by atoms with Gasteiger partial charge in [-0.3, -0.25) is 19.9 Å². The summed E-state index contributed by atoms with van der Waals surface area (Å²) in [6.45, 7) is 0. The number of nitrogens with zero attached hydrogens (tertiary/aromatic N) is 10. The number of furan rings is 1. The van der Waals surface area contributed by atoms with Crippen LogP contribution in [0.2, 0.25) is 0 Å². The van der Waals surface area contributed by atoms with E-state index in [2.05, 4.69) is 360 Å². The average Bonchev–Trinajstić information content (AvgIpc) is 1.56. The zero-order valence-corrected chi connectivity index (χ0v) is 68.9. The Balaban J connectivity index is 0.000000120. The Morgan fingerprint density at radius 1 is 0.150 bits per heavy atom. The second-order valence-corrected chi connectivity index (χ2v) is 30.7. The maximum Gasteiger partial charge on any atom is 0.161 e. The van der Waals surface area contributed by atoms with E-state index in [1.54, 1.807) is 31.0 Å². The van der Waals surface area contributed by atoms with E-state index in [1.165, 1.54) is 44.5 Å². The number of para-hydroxylation sites is 2. The molecule has 8 heterocycles. The van der Waals surface area contributed by atoms with Crippen molar-refractivity contribution in [2.45, 2.75) is 0 Å². The second-order valence-electron chi connectivity index (χ2n) is 30.7. The predicted molar refractivity (Wildman–Crippen MR) is 517 cm³/mol. The van der Waals surface area contributed by atoms with E-state index >= 15 is 0 Å². The molecule has 22 rings (SSSR count). The van der Waals surface area contributed by atoms with Gasteiger partial charge in [0.2, 0.25) is 0 Å². The van der Waals surface area contributed by atoms with E-state index in [9.17, 15) is 0 Å². The molecule has 14 aromatic carbocycles. The lowest BCUT2D eigenvalue weighted by Gasteiger charge is -2.11. The van der Waals surface area contributed by atoms with Crippen LogP contribution in [0.15, 0.2) is 479 Å². The Morgan fingerprint density at radius 3 is 0.740 bits per heavy atom. The van der Waals surface area contributed by atoms with Crippen LogP contribution in [-0.2, 0) is 0 Å². The van der Waals surface area contributed by atoms with Crippen LogP contribution in [0.1, 0.15) is 0 Å². The fourth-order valence-electron chi connectivity index (χ4n) is 16.0. The van der Waals surface area contributed by atoms with Gasteiger partial charge >= 0.3 is 0 Å². The summed E-state index contributed by atoms with van der Waals surface area (Å²) in [7, 11) is 0. The summed E-state index contributed by atoms with van der Waals surface area (Å²) in [5.74, 6) is 1.93. The standard InChI is InChI=1S/C39H25N3O.C39H27N3.C38H26N4/c1-2-9-26(10-3-1)27-18-20-28(21-19-27)35-24-36(42-39(41-35)31-13-8-22-40-25-31)30-12-6-11-29(23-30)32-15-7-16-34-33-14-4-5-17-37(33)43-38(32)34;1-3-10-28(11-4-1)30-19-21-31(22-20-30)37-26-38(42-39(41-37)36-18-9-23-40-27-36)35-17-8-16-34(25-35)33-15-7-14-32(24-33)29-12-5-2-6-13-29;1-2-8-27(9-3-1)28-16-18-29(19-17-28)36-24-37(42-38(41-36)35-15-7-21-40-26-35)33-13-5-11-31(23-33)30-10-4-12-32(22-30)34-14-6-20-39-25-34/h1-25H;1-27H;1-26H. The minimum absolute atomic E-state index is 0.637. The SMILES string of the molecule is c1ccc(-c2ccc(-c3cc(-c4cccc(-c5cccc(-c6ccccc6)c5)c4)nc(-c4cccnc4)n3)cc2)cc1.c1ccc(-c2ccc(-c3cc(-c4cccc(-c5cccc(-c6cccnc6)c5)c4)nc(-c4cccnc4)n3)cc2)cc1.c1ccc(-c2ccc(-c3cc(-c4cccc(-c5cccc6c5oc5ccccc56)c4)nc(-c4cccnc4)n3)cc2)cc1. The molecule has 0 atom stereocenters. The average molecular weight is 1630 g/mol. The van der Waals surface area contributed by atoms with Gasteiger partial charge in [0.15, 0.2) is 17.5 Å². The van der Waals surface area contributed by atoms with E-state index in [-0.39, 0.29) is 0 Å². The Morgan fingerprint density at radius 2 is 0.386 bits per heavy atom. The molecule has 11 nitrogen and oxygen atoms in total. The van der Waals surface area contributed by atoms with Gasteiger partial charge in [-0.05, 0) is 175 Å². The summed E-state index contributed by atoms with van der Waals surface area (Å²) in [4.78, 5) is 47.2. The zero-order valence-electron chi connectivity index (χ0n) is 68.9. The molecule has 598 valence electrons. The van der Waals surface area contributed by atoms with Crippen molar-refractivity contribution in [2.24, 2.45) is 0 Å². The quantitative estimate of drug-likeness (QED) is 0.0860. The topological polar surface area (TPSA) is 142 Å². The highest BCUT2D eigenvalue weighted by molar-refractivity contribution is 6.09. The van der Waals surface area contributed by atoms with E-state index in [4.69, 9.17) is 34.3 Å². The molecular weight excluding hydrogens is 1550 g/mol. The fourth-order valence-corrected chi connectivity index (χ4v) is 16.0. The van der Waals surface area contributed by atoms with Crippen molar-refractivity contribution in [3.63, 3.8) is 0 Å². The van der Waals surface area contributed by atoms with Crippen molar-refractivity contribution in [3.8, 4) is 191 Å². The van der Waals surface area contributed by atoms with Gasteiger partial charge in [0.25, 0.3) is 0 Å². The molecule has 0 bridgehead atoms. The molecule has 0 fully saturated rings. The van der Waals surface area contributed by atoms with E-state index in [0.717, 1.165) is 151 Å². The van der Waals surface area contributed by atoms with Crippen molar-refractivity contribution in [1.29, 1.82) is 0 Å². The molecule has 0 radical (unpaired) electrons. The van der Waals surface area contributed by atoms with Crippen molar-refractivity contribution in [1.82, 2.24) is 49.8 Å². The van der Waals surface area contributed by atoms with Crippen LogP contribution < -0.4 is 0 Å². The molecule has 0 N–H and O–H groups in total. The number of hydrogen-bond donors (Lipinski definition) is 0. The molecule has 127 heavy (non-hydrogen) atoms. The molecule has 0 amide bonds. The van der Waals surface area contributed by atoms with Crippen LogP contribution in [0.5, 0.6) is 0 Å². The summed E-state index contributed by atoms with van der Waals surface area (Å²) in [6, 6.07) is 147. The summed E-state index contributed by atoms with van der Waals surface area (Å²) < 4.78 is 6.35. The van der Waals surface area contributed by atoms with Crippen molar-refractivity contribution in [3.05, 3.63) is 474 Å². The summed E-state index contributed by atoms with van der Waals surface area (Å²) in [6.07, 6.45) is 14.4. The van der Waals surface area contributed by atoms with E-state index in [0.29, 0.717) is 17.5 Å². The van der Waals surface area contributed by atoms with E-state index in [1.807, 2.05) is 104 Å². The maximum atomic E-state index is 6.35. The summed E-state index contributed by atoms with van der Waals surface area (Å²) in [5.41, 5.74) is 34.1. The Bertz CT molecular complexity index is 7270. The smallest absolute Gasteiger partial charge is 0.161 e. The number of aromatic nitrogens is 10. The normalized spacial score (nSPS) is 11.0. The Kier molecular flexibility index (Phi) is 22.5. The van der Waals surface area contributed by atoms with Crippen LogP contribution in [0.3, 0.4) is 0 Å². The minimum Gasteiger partial charge on any atom is -0.455 e. The molecule has 0 unspecified atom stereocenters. The van der Waals surface area contributed by atoms with Crippen LogP contribution in [0.25, 0.3) is 213 Å². The first kappa shape index (κ1) is 78.3. The lowest BCUT2D eigenvalue weighted by Crippen LogP contribution is -1.96. The summed E-state index contributed by atoms with van der Waals surface area (Å²) in [5, 5.41) is 2.23. The van der Waals surface area contributed by atoms with Gasteiger partial charge < -0.3 is 4.42 Å². The van der Waals surface area contributed by atoms with Gasteiger partial charge in [-0.2, -0.15) is 0 Å². The number of rotatable bonds is 17. The first-order chi connectivity index (χ1) is 62.9. The lowest BCUT2D eigenvalue weighted by molar-refractivity contribution is 0.670. The first-order valence-corrected chi connectivity index (χ1v) is 42.2. The monoisotopic (exact) mass is 1630 g/mol. The van der Waals surface area contributed by atoms with Crippen LogP contribution in [-0.4, -0.2) is 49.8 Å². The second kappa shape index (κ2) is 36.6. The molecule has 0 aliphatic carbocycles. The van der Waals surface area contributed by atoms with Crippen molar-refractivity contribution >= 4 is 21.9 Å². The zero-order chi connectivity index (χ0) is 84.9. The third kappa shape index (κ3) is 17.8. The van der Waals surface area contributed by atoms with Crippen LogP contribution in [0.4, 0.5) is 0 Å². The first-order valence-electron chi connectivity index (χ1n) is 42.2. The van der Waals surface area contributed by atoms with Gasteiger partial charge in [0.1, 0.15) is 11.2 Å². The number of fused-ring (bicyclic) bond motifs is 3. The van der Waals surface area contributed by atoms with Gasteiger partial charge in [-0.1, -0.05) is 328 Å². The number of benzene rings is 14. The largest absolute Gasteiger partial charge is 0.455 e. The summed E-state index contributed by atoms with van der Waals surface area (Å²) >= 11 is 0. The molecule has 0 aliphatic rings. The number of hydrogen-bond acceptors (Lipinski definition) is 11. The predicted octanol–water partition coefficient (Wildman–Crippen LogP) is 29.2. The molecule has 0 spiro atoms. The Labute approximate surface area is 736 Å². The van der Waals surface area contributed by atoms with Gasteiger partial charge in [-0.25, -0.2) is 29.9 Å². The molecular formula is C116H78N10O. The fraction of sp³-hybridized carbons (Fsp3) is 0. The van der Waals surface area contributed by atoms with E-state index < -0.39 is 0 Å². The highest BCUT2D eigenvalue weighted by Gasteiger charge is 2.20. The highest BCUT2D eigenvalue weighted by Crippen LogP contribution is 2.41. The third-order valence-corrected chi connectivity index (χ3v) is 22.5. The third-order valence-electron chi connectivity index (χ3n) is 22.5. The Hall–Kier alpha value is -17.3. The van der Waals surface area contributed by atoms with Gasteiger partial charge in [0, 0.05) is 122 Å². The maximum absolute atomic E-state index is 6.35. The molecule has 8 aromatic heterocycles. The molecule has 22 aromatic rings. The minimum atomic E-state index is 0.637. The van der Waals surface area contributed by atoms with Crippen LogP contribution >= 0.6 is 0 Å². The highest BCUT2D eigenvalue weighted by atomic mass is 16.3. The van der Waals surface area contributed by atoms with Gasteiger partial charge in [0.05, 0.1) is 34.2 Å².